The van der Waals surface area contributed by atoms with Crippen LogP contribution in [-0.4, -0.2) is 4.57 Å². The molecular formula is C15H17N. The zero-order valence-corrected chi connectivity index (χ0v) is 10.1. The van der Waals surface area contributed by atoms with Crippen LogP contribution in [0.2, 0.25) is 0 Å². The lowest BCUT2D eigenvalue weighted by Gasteiger charge is -1.99. The van der Waals surface area contributed by atoms with Gasteiger partial charge in [-0.05, 0) is 37.1 Å². The zero-order chi connectivity index (χ0) is 11.7. The summed E-state index contributed by atoms with van der Waals surface area (Å²) in [5.74, 6) is 0. The molecule has 0 atom stereocenters. The van der Waals surface area contributed by atoms with Crippen LogP contribution in [0.15, 0.2) is 36.9 Å². The summed E-state index contributed by atoms with van der Waals surface area (Å²) in [6, 6.07) is 6.44. The van der Waals surface area contributed by atoms with Crippen LogP contribution in [0.4, 0.5) is 0 Å². The zero-order valence-electron chi connectivity index (χ0n) is 10.1. The fraction of sp³-hybridized carbons (Fsp3) is 0.200. The highest BCUT2D eigenvalue weighted by atomic mass is 14.9. The first kappa shape index (κ1) is 10.7. The van der Waals surface area contributed by atoms with E-state index in [-0.39, 0.29) is 0 Å². The van der Waals surface area contributed by atoms with E-state index < -0.39 is 0 Å². The largest absolute Gasteiger partial charge is 0.344 e. The van der Waals surface area contributed by atoms with Crippen molar-refractivity contribution in [1.82, 2.24) is 4.57 Å². The topological polar surface area (TPSA) is 4.93 Å². The van der Waals surface area contributed by atoms with E-state index in [1.807, 2.05) is 12.2 Å². The monoisotopic (exact) mass is 211 g/mol. The number of hydrogen-bond donors (Lipinski definition) is 0. The Morgan fingerprint density at radius 1 is 1.25 bits per heavy atom. The lowest BCUT2D eigenvalue weighted by Crippen LogP contribution is -1.90. The molecule has 16 heavy (non-hydrogen) atoms. The summed E-state index contributed by atoms with van der Waals surface area (Å²) >= 11 is 0. The smallest absolute Gasteiger partial charge is 0.0487 e. The third-order valence-electron chi connectivity index (χ3n) is 3.12. The summed E-state index contributed by atoms with van der Waals surface area (Å²) in [4.78, 5) is 0. The van der Waals surface area contributed by atoms with Crippen molar-refractivity contribution in [3.63, 3.8) is 0 Å². The molecule has 0 aliphatic heterocycles. The van der Waals surface area contributed by atoms with Crippen LogP contribution in [0.25, 0.3) is 17.0 Å². The molecule has 1 heteroatoms. The molecule has 2 rings (SSSR count). The van der Waals surface area contributed by atoms with Crippen LogP contribution in [-0.2, 0) is 7.05 Å². The van der Waals surface area contributed by atoms with Crippen LogP contribution < -0.4 is 0 Å². The van der Waals surface area contributed by atoms with Crippen LogP contribution >= 0.6 is 0 Å². The number of aromatic nitrogens is 1. The maximum Gasteiger partial charge on any atom is 0.0487 e. The summed E-state index contributed by atoms with van der Waals surface area (Å²) in [5.41, 5.74) is 5.22. The highest BCUT2D eigenvalue weighted by Gasteiger charge is 2.10. The lowest BCUT2D eigenvalue weighted by molar-refractivity contribution is 0.948. The second-order valence-corrected chi connectivity index (χ2v) is 4.13. The maximum atomic E-state index is 3.71. The Hall–Kier alpha value is -1.76. The minimum atomic E-state index is 1.25. The number of aryl methyl sites for hydroxylation is 3. The molecule has 2 aromatic rings. The molecule has 1 aromatic carbocycles. The Labute approximate surface area is 96.7 Å². The minimum absolute atomic E-state index is 1.25. The normalized spacial score (nSPS) is 11.4. The van der Waals surface area contributed by atoms with Crippen LogP contribution in [0, 0.1) is 13.8 Å². The SMILES string of the molecule is C=C/C=C\c1c(C)c2c(C)cccc2n1C. The second kappa shape index (κ2) is 4.01. The van der Waals surface area contributed by atoms with Crippen LogP contribution in [0.1, 0.15) is 16.8 Å². The van der Waals surface area contributed by atoms with Gasteiger partial charge in [0.25, 0.3) is 0 Å². The molecule has 82 valence electrons. The Balaban J connectivity index is 2.81. The standard InChI is InChI=1S/C15H17N/c1-5-6-9-13-12(3)15-11(2)8-7-10-14(15)16(13)4/h5-10H,1H2,2-4H3/b9-6-. The van der Waals surface area contributed by atoms with Gasteiger partial charge < -0.3 is 4.57 Å². The third-order valence-corrected chi connectivity index (χ3v) is 3.12. The van der Waals surface area contributed by atoms with Crippen LogP contribution in [0.5, 0.6) is 0 Å². The van der Waals surface area contributed by atoms with Gasteiger partial charge in [0.15, 0.2) is 0 Å². The molecule has 0 saturated heterocycles. The molecule has 1 aromatic heterocycles. The van der Waals surface area contributed by atoms with Crippen molar-refractivity contribution in [2.24, 2.45) is 7.05 Å². The Morgan fingerprint density at radius 2 is 2.00 bits per heavy atom. The van der Waals surface area contributed by atoms with Gasteiger partial charge in [0.2, 0.25) is 0 Å². The number of benzene rings is 1. The van der Waals surface area contributed by atoms with Gasteiger partial charge in [0.1, 0.15) is 0 Å². The molecule has 0 N–H and O–H groups in total. The van der Waals surface area contributed by atoms with Crippen molar-refractivity contribution in [2.45, 2.75) is 13.8 Å². The average Bonchev–Trinajstić information content (AvgIpc) is 2.51. The molecule has 0 aliphatic rings. The van der Waals surface area contributed by atoms with E-state index in [0.717, 1.165) is 0 Å². The maximum absolute atomic E-state index is 3.71. The molecule has 0 fully saturated rings. The van der Waals surface area contributed by atoms with Crippen molar-refractivity contribution in [2.75, 3.05) is 0 Å². The Bertz CT molecular complexity index is 571. The molecule has 1 heterocycles. The van der Waals surface area contributed by atoms with Gasteiger partial charge >= 0.3 is 0 Å². The number of allylic oxidation sites excluding steroid dienone is 2. The van der Waals surface area contributed by atoms with Gasteiger partial charge in [0, 0.05) is 23.6 Å². The molecule has 0 spiro atoms. The predicted molar refractivity (Wildman–Crippen MR) is 71.6 cm³/mol. The fourth-order valence-electron chi connectivity index (χ4n) is 2.33. The van der Waals surface area contributed by atoms with Crippen molar-refractivity contribution in [3.05, 3.63) is 53.8 Å². The lowest BCUT2D eigenvalue weighted by atomic mass is 10.1. The van der Waals surface area contributed by atoms with Crippen molar-refractivity contribution in [1.29, 1.82) is 0 Å². The minimum Gasteiger partial charge on any atom is -0.344 e. The number of fused-ring (bicyclic) bond motifs is 1. The van der Waals surface area contributed by atoms with E-state index in [2.05, 4.69) is 56.3 Å². The molecule has 0 unspecified atom stereocenters. The van der Waals surface area contributed by atoms with Gasteiger partial charge in [-0.3, -0.25) is 0 Å². The van der Waals surface area contributed by atoms with Crippen molar-refractivity contribution in [3.8, 4) is 0 Å². The van der Waals surface area contributed by atoms with Gasteiger partial charge in [-0.2, -0.15) is 0 Å². The summed E-state index contributed by atoms with van der Waals surface area (Å²) in [6.45, 7) is 8.05. The van der Waals surface area contributed by atoms with Gasteiger partial charge in [-0.15, -0.1) is 0 Å². The summed E-state index contributed by atoms with van der Waals surface area (Å²) in [7, 11) is 2.11. The molecule has 0 amide bonds. The molecule has 0 aliphatic carbocycles. The molecule has 0 radical (unpaired) electrons. The van der Waals surface area contributed by atoms with E-state index in [0.29, 0.717) is 0 Å². The second-order valence-electron chi connectivity index (χ2n) is 4.13. The van der Waals surface area contributed by atoms with E-state index in [1.165, 1.54) is 27.7 Å². The highest BCUT2D eigenvalue weighted by Crippen LogP contribution is 2.28. The summed E-state index contributed by atoms with van der Waals surface area (Å²) in [5, 5.41) is 1.37. The molecule has 1 nitrogen and oxygen atoms in total. The van der Waals surface area contributed by atoms with Gasteiger partial charge in [0.05, 0.1) is 0 Å². The average molecular weight is 211 g/mol. The number of nitrogens with zero attached hydrogens (tertiary/aromatic N) is 1. The van der Waals surface area contributed by atoms with Crippen molar-refractivity contribution < 1.29 is 0 Å². The van der Waals surface area contributed by atoms with E-state index in [4.69, 9.17) is 0 Å². The third kappa shape index (κ3) is 1.49. The predicted octanol–water partition coefficient (Wildman–Crippen LogP) is 3.99. The number of rotatable bonds is 2. The number of hydrogen-bond acceptors (Lipinski definition) is 0. The van der Waals surface area contributed by atoms with Crippen molar-refractivity contribution >= 4 is 17.0 Å². The van der Waals surface area contributed by atoms with Gasteiger partial charge in [-0.1, -0.05) is 30.9 Å². The van der Waals surface area contributed by atoms with Crippen LogP contribution in [0.3, 0.4) is 0 Å². The summed E-state index contributed by atoms with van der Waals surface area (Å²) in [6.07, 6.45) is 5.91. The molecule has 0 bridgehead atoms. The Morgan fingerprint density at radius 3 is 2.62 bits per heavy atom. The van der Waals surface area contributed by atoms with E-state index in [1.54, 1.807) is 0 Å². The molecule has 0 saturated carbocycles. The summed E-state index contributed by atoms with van der Waals surface area (Å²) < 4.78 is 2.23. The highest BCUT2D eigenvalue weighted by molar-refractivity contribution is 5.90. The van der Waals surface area contributed by atoms with E-state index >= 15 is 0 Å². The first-order valence-corrected chi connectivity index (χ1v) is 5.50. The Kier molecular flexibility index (Phi) is 2.69. The van der Waals surface area contributed by atoms with Gasteiger partial charge in [-0.25, -0.2) is 0 Å². The quantitative estimate of drug-likeness (QED) is 0.662. The fourth-order valence-corrected chi connectivity index (χ4v) is 2.33. The van der Waals surface area contributed by atoms with E-state index in [9.17, 15) is 0 Å². The molecular weight excluding hydrogens is 194 g/mol. The first-order valence-electron chi connectivity index (χ1n) is 5.50. The first-order chi connectivity index (χ1) is 7.66.